The van der Waals surface area contributed by atoms with Crippen LogP contribution < -0.4 is 0 Å². The molecule has 0 unspecified atom stereocenters. The molecule has 2 aromatic carbocycles. The van der Waals surface area contributed by atoms with Crippen LogP contribution in [0, 0.1) is 0 Å². The second-order valence-corrected chi connectivity index (χ2v) is 5.25. The summed E-state index contributed by atoms with van der Waals surface area (Å²) in [4.78, 5) is 2.36. The van der Waals surface area contributed by atoms with Crippen LogP contribution in [0.3, 0.4) is 0 Å². The van der Waals surface area contributed by atoms with Crippen molar-refractivity contribution < 1.29 is 0 Å². The van der Waals surface area contributed by atoms with Crippen LogP contribution in [0.2, 0.25) is 5.02 Å². The zero-order chi connectivity index (χ0) is 13.1. The SMILES string of the molecule is Clc1ccccc1C1=CN(Cc2ccccc2)CC1. The number of hydrogen-bond donors (Lipinski definition) is 0. The van der Waals surface area contributed by atoms with Gasteiger partial charge in [-0.25, -0.2) is 0 Å². The summed E-state index contributed by atoms with van der Waals surface area (Å²) in [6.45, 7) is 2.03. The molecule has 0 amide bonds. The van der Waals surface area contributed by atoms with Crippen LogP contribution in [-0.2, 0) is 6.54 Å². The van der Waals surface area contributed by atoms with Crippen LogP contribution in [0.5, 0.6) is 0 Å². The smallest absolute Gasteiger partial charge is 0.0481 e. The number of halogens is 1. The van der Waals surface area contributed by atoms with Gasteiger partial charge in [-0.3, -0.25) is 0 Å². The van der Waals surface area contributed by atoms with Gasteiger partial charge in [0.15, 0.2) is 0 Å². The lowest BCUT2D eigenvalue weighted by atomic mass is 10.1. The van der Waals surface area contributed by atoms with Crippen molar-refractivity contribution in [1.29, 1.82) is 0 Å². The molecule has 0 radical (unpaired) electrons. The second kappa shape index (κ2) is 5.50. The molecule has 0 atom stereocenters. The van der Waals surface area contributed by atoms with Gasteiger partial charge < -0.3 is 4.90 Å². The summed E-state index contributed by atoms with van der Waals surface area (Å²) in [5.74, 6) is 0. The summed E-state index contributed by atoms with van der Waals surface area (Å²) in [5.41, 5.74) is 3.85. The fourth-order valence-corrected chi connectivity index (χ4v) is 2.74. The van der Waals surface area contributed by atoms with E-state index in [1.807, 2.05) is 18.2 Å². The Bertz CT molecular complexity index is 589. The highest BCUT2D eigenvalue weighted by atomic mass is 35.5. The lowest BCUT2D eigenvalue weighted by Crippen LogP contribution is -2.13. The van der Waals surface area contributed by atoms with Crippen molar-refractivity contribution >= 4 is 17.2 Å². The van der Waals surface area contributed by atoms with E-state index in [-0.39, 0.29) is 0 Å². The maximum atomic E-state index is 6.25. The van der Waals surface area contributed by atoms with Crippen LogP contribution in [0.15, 0.2) is 60.8 Å². The van der Waals surface area contributed by atoms with Crippen molar-refractivity contribution in [2.24, 2.45) is 0 Å². The zero-order valence-corrected chi connectivity index (χ0v) is 11.5. The summed E-state index contributed by atoms with van der Waals surface area (Å²) in [6, 6.07) is 18.6. The highest BCUT2D eigenvalue weighted by Crippen LogP contribution is 2.30. The second-order valence-electron chi connectivity index (χ2n) is 4.84. The lowest BCUT2D eigenvalue weighted by Gasteiger charge is -2.14. The summed E-state index contributed by atoms with van der Waals surface area (Å²) in [5, 5.41) is 0.843. The number of rotatable bonds is 3. The van der Waals surface area contributed by atoms with E-state index in [1.54, 1.807) is 0 Å². The summed E-state index contributed by atoms with van der Waals surface area (Å²) in [7, 11) is 0. The van der Waals surface area contributed by atoms with Gasteiger partial charge in [0.05, 0.1) is 0 Å². The maximum absolute atomic E-state index is 6.25. The van der Waals surface area contributed by atoms with Crippen LogP contribution in [-0.4, -0.2) is 11.4 Å². The molecule has 3 rings (SSSR count). The Hall–Kier alpha value is -1.73. The Kier molecular flexibility index (Phi) is 3.56. The predicted molar refractivity (Wildman–Crippen MR) is 80.9 cm³/mol. The van der Waals surface area contributed by atoms with Gasteiger partial charge in [0, 0.05) is 24.3 Å². The van der Waals surface area contributed by atoms with Gasteiger partial charge in [0.25, 0.3) is 0 Å². The highest BCUT2D eigenvalue weighted by molar-refractivity contribution is 6.32. The van der Waals surface area contributed by atoms with Crippen LogP contribution >= 0.6 is 11.6 Å². The normalized spacial score (nSPS) is 14.6. The molecular weight excluding hydrogens is 254 g/mol. The Labute approximate surface area is 119 Å². The standard InChI is InChI=1S/C17H16ClN/c18-17-9-5-4-8-16(17)15-10-11-19(13-15)12-14-6-2-1-3-7-14/h1-9,13H,10-12H2. The van der Waals surface area contributed by atoms with Gasteiger partial charge in [-0.2, -0.15) is 0 Å². The molecule has 19 heavy (non-hydrogen) atoms. The van der Waals surface area contributed by atoms with Gasteiger partial charge in [0.2, 0.25) is 0 Å². The van der Waals surface area contributed by atoms with Crippen molar-refractivity contribution in [3.63, 3.8) is 0 Å². The van der Waals surface area contributed by atoms with Crippen molar-refractivity contribution in [2.45, 2.75) is 13.0 Å². The minimum absolute atomic E-state index is 0.843. The van der Waals surface area contributed by atoms with E-state index < -0.39 is 0 Å². The molecule has 2 aromatic rings. The van der Waals surface area contributed by atoms with Crippen molar-refractivity contribution in [1.82, 2.24) is 4.90 Å². The van der Waals surface area contributed by atoms with Crippen molar-refractivity contribution in [3.8, 4) is 0 Å². The minimum atomic E-state index is 0.843. The third kappa shape index (κ3) is 2.82. The Morgan fingerprint density at radius 2 is 1.68 bits per heavy atom. The molecule has 1 nitrogen and oxygen atoms in total. The lowest BCUT2D eigenvalue weighted by molar-refractivity contribution is 0.400. The van der Waals surface area contributed by atoms with E-state index in [1.165, 1.54) is 16.7 Å². The molecule has 0 N–H and O–H groups in total. The predicted octanol–water partition coefficient (Wildman–Crippen LogP) is 4.59. The van der Waals surface area contributed by atoms with Gasteiger partial charge >= 0.3 is 0 Å². The fraction of sp³-hybridized carbons (Fsp3) is 0.176. The van der Waals surface area contributed by atoms with E-state index in [0.29, 0.717) is 0 Å². The largest absolute Gasteiger partial charge is 0.372 e. The first-order chi connectivity index (χ1) is 9.33. The minimum Gasteiger partial charge on any atom is -0.372 e. The molecule has 0 aromatic heterocycles. The fourth-order valence-electron chi connectivity index (χ4n) is 2.48. The molecule has 96 valence electrons. The first kappa shape index (κ1) is 12.3. The van der Waals surface area contributed by atoms with Crippen LogP contribution in [0.1, 0.15) is 17.5 Å². The number of benzene rings is 2. The van der Waals surface area contributed by atoms with E-state index in [9.17, 15) is 0 Å². The molecule has 0 saturated carbocycles. The average Bonchev–Trinajstić information content (AvgIpc) is 2.89. The average molecular weight is 270 g/mol. The molecule has 0 fully saturated rings. The number of hydrogen-bond acceptors (Lipinski definition) is 1. The van der Waals surface area contributed by atoms with E-state index in [2.05, 4.69) is 47.5 Å². The van der Waals surface area contributed by atoms with E-state index >= 15 is 0 Å². The highest BCUT2D eigenvalue weighted by Gasteiger charge is 2.15. The van der Waals surface area contributed by atoms with Crippen LogP contribution in [0.25, 0.3) is 5.57 Å². The molecular formula is C17H16ClN. The molecule has 0 aliphatic carbocycles. The van der Waals surface area contributed by atoms with Gasteiger partial charge in [-0.05, 0) is 29.2 Å². The molecule has 0 spiro atoms. The third-order valence-electron chi connectivity index (χ3n) is 3.46. The van der Waals surface area contributed by atoms with Gasteiger partial charge in [-0.15, -0.1) is 0 Å². The zero-order valence-electron chi connectivity index (χ0n) is 10.7. The topological polar surface area (TPSA) is 3.24 Å². The summed E-state index contributed by atoms with van der Waals surface area (Å²) >= 11 is 6.25. The van der Waals surface area contributed by atoms with E-state index in [0.717, 1.165) is 24.5 Å². The summed E-state index contributed by atoms with van der Waals surface area (Å²) < 4.78 is 0. The molecule has 0 bridgehead atoms. The van der Waals surface area contributed by atoms with Gasteiger partial charge in [-0.1, -0.05) is 60.1 Å². The molecule has 1 heterocycles. The van der Waals surface area contributed by atoms with Gasteiger partial charge in [0.1, 0.15) is 0 Å². The quantitative estimate of drug-likeness (QED) is 0.788. The van der Waals surface area contributed by atoms with Crippen molar-refractivity contribution in [2.75, 3.05) is 6.54 Å². The third-order valence-corrected chi connectivity index (χ3v) is 3.78. The molecule has 1 aliphatic rings. The number of nitrogens with zero attached hydrogens (tertiary/aromatic N) is 1. The van der Waals surface area contributed by atoms with Crippen LogP contribution in [0.4, 0.5) is 0 Å². The Morgan fingerprint density at radius 3 is 2.47 bits per heavy atom. The monoisotopic (exact) mass is 269 g/mol. The van der Waals surface area contributed by atoms with E-state index in [4.69, 9.17) is 11.6 Å². The molecule has 2 heteroatoms. The first-order valence-electron chi connectivity index (χ1n) is 6.56. The molecule has 1 aliphatic heterocycles. The Balaban J connectivity index is 1.77. The molecule has 0 saturated heterocycles. The Morgan fingerprint density at radius 1 is 0.947 bits per heavy atom. The first-order valence-corrected chi connectivity index (χ1v) is 6.94. The maximum Gasteiger partial charge on any atom is 0.0481 e. The summed E-state index contributed by atoms with van der Waals surface area (Å²) in [6.07, 6.45) is 3.31. The van der Waals surface area contributed by atoms with Crippen molar-refractivity contribution in [3.05, 3.63) is 76.9 Å².